The van der Waals surface area contributed by atoms with Gasteiger partial charge in [0.1, 0.15) is 17.5 Å². The molecule has 1 unspecified atom stereocenters. The van der Waals surface area contributed by atoms with Gasteiger partial charge in [0.15, 0.2) is 0 Å². The van der Waals surface area contributed by atoms with Gasteiger partial charge in [0, 0.05) is 18.7 Å². The highest BCUT2D eigenvalue weighted by molar-refractivity contribution is 5.73. The molecule has 1 atom stereocenters. The van der Waals surface area contributed by atoms with Gasteiger partial charge in [-0.15, -0.1) is 0 Å². The number of benzene rings is 1. The van der Waals surface area contributed by atoms with E-state index < -0.39 is 12.0 Å². The molecule has 0 radical (unpaired) electrons. The lowest BCUT2D eigenvalue weighted by atomic mass is 10.2. The van der Waals surface area contributed by atoms with Gasteiger partial charge in [-0.25, -0.2) is 0 Å². The van der Waals surface area contributed by atoms with E-state index in [4.69, 9.17) is 20.3 Å². The zero-order valence-corrected chi connectivity index (χ0v) is 10.5. The molecule has 0 heterocycles. The molecule has 0 aliphatic heterocycles. The van der Waals surface area contributed by atoms with Gasteiger partial charge in [0.25, 0.3) is 0 Å². The highest BCUT2D eigenvalue weighted by Gasteiger charge is 2.11. The van der Waals surface area contributed by atoms with E-state index in [9.17, 15) is 4.79 Å². The Balaban J connectivity index is 2.62. The van der Waals surface area contributed by atoms with E-state index in [2.05, 4.69) is 5.32 Å². The average molecular weight is 254 g/mol. The monoisotopic (exact) mass is 254 g/mol. The normalized spacial score (nSPS) is 11.9. The molecule has 100 valence electrons. The SMILES string of the molecule is COc1ccc(OC)c(CNCC(N)C(=O)O)c1. The number of aliphatic carboxylic acids is 1. The molecule has 1 rings (SSSR count). The highest BCUT2D eigenvalue weighted by Crippen LogP contribution is 2.23. The van der Waals surface area contributed by atoms with Gasteiger partial charge in [-0.3, -0.25) is 4.79 Å². The van der Waals surface area contributed by atoms with Crippen LogP contribution in [-0.2, 0) is 11.3 Å². The summed E-state index contributed by atoms with van der Waals surface area (Å²) in [6.45, 7) is 0.650. The minimum atomic E-state index is -1.03. The zero-order valence-electron chi connectivity index (χ0n) is 10.5. The quantitative estimate of drug-likeness (QED) is 0.644. The van der Waals surface area contributed by atoms with Crippen LogP contribution in [0.25, 0.3) is 0 Å². The largest absolute Gasteiger partial charge is 0.497 e. The van der Waals surface area contributed by atoms with Crippen LogP contribution < -0.4 is 20.5 Å². The van der Waals surface area contributed by atoms with Crippen molar-refractivity contribution in [3.05, 3.63) is 23.8 Å². The lowest BCUT2D eigenvalue weighted by Gasteiger charge is -2.12. The molecule has 0 fully saturated rings. The Hall–Kier alpha value is -1.79. The van der Waals surface area contributed by atoms with Crippen molar-refractivity contribution in [2.75, 3.05) is 20.8 Å². The fraction of sp³-hybridized carbons (Fsp3) is 0.417. The smallest absolute Gasteiger partial charge is 0.321 e. The molecule has 0 spiro atoms. The van der Waals surface area contributed by atoms with Gasteiger partial charge in [-0.1, -0.05) is 0 Å². The first-order valence-corrected chi connectivity index (χ1v) is 5.48. The Morgan fingerprint density at radius 2 is 2.17 bits per heavy atom. The van der Waals surface area contributed by atoms with Crippen molar-refractivity contribution in [1.82, 2.24) is 5.32 Å². The standard InChI is InChI=1S/C12H18N2O4/c1-17-9-3-4-11(18-2)8(5-9)6-14-7-10(13)12(15)16/h3-5,10,14H,6-7,13H2,1-2H3,(H,15,16). The summed E-state index contributed by atoms with van der Waals surface area (Å²) >= 11 is 0. The van der Waals surface area contributed by atoms with Gasteiger partial charge in [0.2, 0.25) is 0 Å². The Morgan fingerprint density at radius 3 is 2.72 bits per heavy atom. The van der Waals surface area contributed by atoms with Crippen molar-refractivity contribution in [3.63, 3.8) is 0 Å². The fourth-order valence-electron chi connectivity index (χ4n) is 1.47. The number of carboxylic acids is 1. The van der Waals surface area contributed by atoms with Crippen LogP contribution in [0.3, 0.4) is 0 Å². The summed E-state index contributed by atoms with van der Waals surface area (Å²) in [7, 11) is 3.16. The third-order valence-electron chi connectivity index (χ3n) is 2.48. The van der Waals surface area contributed by atoms with E-state index in [1.807, 2.05) is 6.07 Å². The highest BCUT2D eigenvalue weighted by atomic mass is 16.5. The van der Waals surface area contributed by atoms with Gasteiger partial charge < -0.3 is 25.6 Å². The number of hydrogen-bond acceptors (Lipinski definition) is 5. The number of nitrogens with one attached hydrogen (secondary N) is 1. The van der Waals surface area contributed by atoms with E-state index in [-0.39, 0.29) is 6.54 Å². The first kappa shape index (κ1) is 14.3. The lowest BCUT2D eigenvalue weighted by molar-refractivity contribution is -0.138. The average Bonchev–Trinajstić information content (AvgIpc) is 2.38. The molecule has 0 aliphatic carbocycles. The number of rotatable bonds is 7. The maximum Gasteiger partial charge on any atom is 0.321 e. The number of carbonyl (C=O) groups is 1. The molecule has 1 aromatic carbocycles. The molecular weight excluding hydrogens is 236 g/mol. The molecule has 4 N–H and O–H groups in total. The second kappa shape index (κ2) is 6.83. The summed E-state index contributed by atoms with van der Waals surface area (Å²) in [6.07, 6.45) is 0. The van der Waals surface area contributed by atoms with Gasteiger partial charge >= 0.3 is 5.97 Å². The van der Waals surface area contributed by atoms with Crippen molar-refractivity contribution >= 4 is 5.97 Å². The van der Waals surface area contributed by atoms with E-state index in [0.717, 1.165) is 11.3 Å². The Kier molecular flexibility index (Phi) is 5.41. The molecule has 0 saturated carbocycles. The van der Waals surface area contributed by atoms with Crippen LogP contribution in [0.5, 0.6) is 11.5 Å². The molecule has 1 aromatic rings. The fourth-order valence-corrected chi connectivity index (χ4v) is 1.47. The van der Waals surface area contributed by atoms with Crippen LogP contribution in [0, 0.1) is 0 Å². The molecular formula is C12H18N2O4. The van der Waals surface area contributed by atoms with Crippen molar-refractivity contribution in [2.45, 2.75) is 12.6 Å². The molecule has 18 heavy (non-hydrogen) atoms. The maximum absolute atomic E-state index is 10.6. The molecule has 6 heteroatoms. The topological polar surface area (TPSA) is 93.8 Å². The molecule has 0 saturated heterocycles. The van der Waals surface area contributed by atoms with Crippen LogP contribution in [0.15, 0.2) is 18.2 Å². The van der Waals surface area contributed by atoms with E-state index in [0.29, 0.717) is 12.3 Å². The summed E-state index contributed by atoms with van der Waals surface area (Å²) in [6, 6.07) is 4.51. The van der Waals surface area contributed by atoms with Crippen LogP contribution in [0.1, 0.15) is 5.56 Å². The number of hydrogen-bond donors (Lipinski definition) is 3. The Morgan fingerprint density at radius 1 is 1.44 bits per heavy atom. The third-order valence-corrected chi connectivity index (χ3v) is 2.48. The third kappa shape index (κ3) is 3.90. The predicted molar refractivity (Wildman–Crippen MR) is 66.9 cm³/mol. The number of carboxylic acid groups (broad SMARTS) is 1. The number of nitrogens with two attached hydrogens (primary N) is 1. The first-order chi connectivity index (χ1) is 8.58. The van der Waals surface area contributed by atoms with Gasteiger partial charge in [-0.05, 0) is 18.2 Å². The van der Waals surface area contributed by atoms with Crippen LogP contribution >= 0.6 is 0 Å². The van der Waals surface area contributed by atoms with E-state index in [1.165, 1.54) is 0 Å². The predicted octanol–water partition coefficient (Wildman–Crippen LogP) is 0.205. The molecule has 0 bridgehead atoms. The van der Waals surface area contributed by atoms with Gasteiger partial charge in [0.05, 0.1) is 14.2 Å². The number of methoxy groups -OCH3 is 2. The maximum atomic E-state index is 10.6. The number of ether oxygens (including phenoxy) is 2. The van der Waals surface area contributed by atoms with Crippen LogP contribution in [-0.4, -0.2) is 37.9 Å². The van der Waals surface area contributed by atoms with Crippen LogP contribution in [0.4, 0.5) is 0 Å². The summed E-state index contributed by atoms with van der Waals surface area (Å²) in [4.78, 5) is 10.6. The summed E-state index contributed by atoms with van der Waals surface area (Å²) < 4.78 is 10.3. The van der Waals surface area contributed by atoms with Crippen molar-refractivity contribution in [2.24, 2.45) is 5.73 Å². The van der Waals surface area contributed by atoms with Crippen molar-refractivity contribution < 1.29 is 19.4 Å². The Bertz CT molecular complexity index is 409. The van der Waals surface area contributed by atoms with Crippen molar-refractivity contribution in [3.8, 4) is 11.5 Å². The molecule has 0 amide bonds. The zero-order chi connectivity index (χ0) is 13.5. The van der Waals surface area contributed by atoms with Gasteiger partial charge in [-0.2, -0.15) is 0 Å². The summed E-state index contributed by atoms with van der Waals surface area (Å²) in [5, 5.41) is 11.6. The van der Waals surface area contributed by atoms with E-state index >= 15 is 0 Å². The summed E-state index contributed by atoms with van der Waals surface area (Å²) in [5.41, 5.74) is 6.27. The first-order valence-electron chi connectivity index (χ1n) is 5.48. The summed E-state index contributed by atoms with van der Waals surface area (Å²) in [5.74, 6) is 0.405. The molecule has 0 aliphatic rings. The van der Waals surface area contributed by atoms with E-state index in [1.54, 1.807) is 26.4 Å². The minimum absolute atomic E-state index is 0.190. The molecule has 0 aromatic heterocycles. The second-order valence-corrected chi connectivity index (χ2v) is 3.75. The minimum Gasteiger partial charge on any atom is -0.497 e. The van der Waals surface area contributed by atoms with Crippen LogP contribution in [0.2, 0.25) is 0 Å². The molecule has 6 nitrogen and oxygen atoms in total. The Labute approximate surface area is 106 Å². The second-order valence-electron chi connectivity index (χ2n) is 3.75. The van der Waals surface area contributed by atoms with Crippen molar-refractivity contribution in [1.29, 1.82) is 0 Å². The lowest BCUT2D eigenvalue weighted by Crippen LogP contribution is -2.40.